The van der Waals surface area contributed by atoms with Crippen molar-refractivity contribution in [3.63, 3.8) is 0 Å². The van der Waals surface area contributed by atoms with Crippen LogP contribution in [0.1, 0.15) is 5.82 Å². The average molecular weight is 349 g/mol. The van der Waals surface area contributed by atoms with Gasteiger partial charge in [-0.25, -0.2) is 4.98 Å². The van der Waals surface area contributed by atoms with E-state index in [1.54, 1.807) is 11.5 Å². The van der Waals surface area contributed by atoms with E-state index < -0.39 is 18.0 Å². The molecule has 0 atom stereocenters. The van der Waals surface area contributed by atoms with Gasteiger partial charge in [0.05, 0.1) is 16.7 Å². The van der Waals surface area contributed by atoms with Gasteiger partial charge in [-0.1, -0.05) is 24.3 Å². The number of fused-ring (bicyclic) bond motifs is 1. The molecule has 5 nitrogen and oxygen atoms in total. The van der Waals surface area contributed by atoms with Crippen molar-refractivity contribution in [2.24, 2.45) is 0 Å². The van der Waals surface area contributed by atoms with E-state index in [9.17, 15) is 18.0 Å². The molecule has 1 aromatic heterocycles. The van der Waals surface area contributed by atoms with Crippen molar-refractivity contribution in [1.29, 1.82) is 0 Å². The van der Waals surface area contributed by atoms with Crippen LogP contribution in [-0.4, -0.2) is 21.8 Å². The van der Waals surface area contributed by atoms with Crippen LogP contribution >= 0.6 is 0 Å². The molecule has 2 aromatic carbocycles. The molecule has 0 spiro atoms. The Morgan fingerprint density at radius 2 is 1.84 bits per heavy atom. The first-order valence-corrected chi connectivity index (χ1v) is 7.40. The molecule has 0 radical (unpaired) electrons. The maximum atomic E-state index is 12.4. The summed E-state index contributed by atoms with van der Waals surface area (Å²) < 4.78 is 43.0. The highest BCUT2D eigenvalue weighted by Crippen LogP contribution is 2.30. The Bertz CT molecular complexity index is 919. The number of carbonyl (C=O) groups excluding carboxylic acids is 1. The lowest BCUT2D eigenvalue weighted by Gasteiger charge is -2.14. The van der Waals surface area contributed by atoms with Crippen LogP contribution in [0.3, 0.4) is 0 Å². The number of ether oxygens (including phenoxy) is 1. The minimum atomic E-state index is -4.84. The molecule has 0 aliphatic carbocycles. The van der Waals surface area contributed by atoms with Crippen molar-refractivity contribution in [3.05, 3.63) is 54.4 Å². The minimum absolute atomic E-state index is 0.0492. The second-order valence-corrected chi connectivity index (χ2v) is 5.33. The molecule has 0 bridgehead atoms. The maximum absolute atomic E-state index is 12.4. The maximum Gasteiger partial charge on any atom is 0.573 e. The summed E-state index contributed by atoms with van der Waals surface area (Å²) in [5, 5.41) is 2.45. The van der Waals surface area contributed by atoms with Gasteiger partial charge in [-0.15, -0.1) is 13.2 Å². The molecule has 8 heteroatoms. The van der Waals surface area contributed by atoms with Gasteiger partial charge in [0, 0.05) is 0 Å². The molecule has 3 rings (SSSR count). The van der Waals surface area contributed by atoms with E-state index >= 15 is 0 Å². The molecule has 3 aromatic rings. The van der Waals surface area contributed by atoms with Gasteiger partial charge in [-0.05, 0) is 31.2 Å². The number of para-hydroxylation sites is 4. The fourth-order valence-electron chi connectivity index (χ4n) is 2.51. The predicted octanol–water partition coefficient (Wildman–Crippen LogP) is 3.88. The summed E-state index contributed by atoms with van der Waals surface area (Å²) in [6, 6.07) is 12.7. The highest BCUT2D eigenvalue weighted by molar-refractivity contribution is 5.93. The topological polar surface area (TPSA) is 56.2 Å². The largest absolute Gasteiger partial charge is 0.573 e. The van der Waals surface area contributed by atoms with Crippen LogP contribution < -0.4 is 10.1 Å². The van der Waals surface area contributed by atoms with Crippen LogP contribution in [0.4, 0.5) is 18.9 Å². The molecule has 0 unspecified atom stereocenters. The van der Waals surface area contributed by atoms with Crippen LogP contribution in [0.25, 0.3) is 11.0 Å². The fourth-order valence-corrected chi connectivity index (χ4v) is 2.51. The number of amides is 1. The molecule has 130 valence electrons. The monoisotopic (exact) mass is 349 g/mol. The number of nitrogens with one attached hydrogen (secondary N) is 1. The number of benzene rings is 2. The van der Waals surface area contributed by atoms with Crippen molar-refractivity contribution < 1.29 is 22.7 Å². The molecular weight excluding hydrogens is 335 g/mol. The molecule has 0 aliphatic heterocycles. The van der Waals surface area contributed by atoms with Crippen molar-refractivity contribution in [1.82, 2.24) is 9.55 Å². The Morgan fingerprint density at radius 1 is 1.16 bits per heavy atom. The number of aromatic nitrogens is 2. The Kier molecular flexibility index (Phi) is 4.35. The smallest absolute Gasteiger partial charge is 0.404 e. The van der Waals surface area contributed by atoms with Gasteiger partial charge in [0.15, 0.2) is 5.75 Å². The van der Waals surface area contributed by atoms with Crippen LogP contribution in [0.5, 0.6) is 5.75 Å². The van der Waals surface area contributed by atoms with E-state index in [0.717, 1.165) is 17.1 Å². The van der Waals surface area contributed by atoms with Crippen molar-refractivity contribution in [2.75, 3.05) is 5.32 Å². The number of anilines is 1. The van der Waals surface area contributed by atoms with E-state index in [0.29, 0.717) is 5.82 Å². The Hall–Kier alpha value is -3.03. The molecule has 25 heavy (non-hydrogen) atoms. The van der Waals surface area contributed by atoms with Crippen LogP contribution in [-0.2, 0) is 11.3 Å². The third-order valence-corrected chi connectivity index (χ3v) is 3.53. The molecule has 1 N–H and O–H groups in total. The second-order valence-electron chi connectivity index (χ2n) is 5.33. The first-order valence-electron chi connectivity index (χ1n) is 7.40. The Labute approximate surface area is 141 Å². The summed E-state index contributed by atoms with van der Waals surface area (Å²) in [7, 11) is 0. The summed E-state index contributed by atoms with van der Waals surface area (Å²) in [5.74, 6) is -0.309. The molecular formula is C17H14F3N3O2. The van der Waals surface area contributed by atoms with Gasteiger partial charge in [0.1, 0.15) is 12.4 Å². The van der Waals surface area contributed by atoms with Gasteiger partial charge >= 0.3 is 6.36 Å². The number of carbonyl (C=O) groups is 1. The van der Waals surface area contributed by atoms with Gasteiger partial charge in [0.25, 0.3) is 0 Å². The summed E-state index contributed by atoms with van der Waals surface area (Å²) in [6.07, 6.45) is -4.84. The predicted molar refractivity (Wildman–Crippen MR) is 86.2 cm³/mol. The number of imidazole rings is 1. The van der Waals surface area contributed by atoms with Gasteiger partial charge in [-0.3, -0.25) is 4.79 Å². The number of rotatable bonds is 4. The standard InChI is InChI=1S/C17H14F3N3O2/c1-11-21-12-6-2-4-8-14(12)23(11)10-16(24)22-13-7-3-5-9-15(13)25-17(18,19)20/h2-9H,10H2,1H3,(H,22,24). The zero-order chi connectivity index (χ0) is 18.0. The van der Waals surface area contributed by atoms with E-state index in [4.69, 9.17) is 0 Å². The lowest BCUT2D eigenvalue weighted by molar-refractivity contribution is -0.274. The average Bonchev–Trinajstić information content (AvgIpc) is 2.84. The van der Waals surface area contributed by atoms with Gasteiger partial charge < -0.3 is 14.6 Å². The lowest BCUT2D eigenvalue weighted by Crippen LogP contribution is -2.22. The first kappa shape index (κ1) is 16.8. The fraction of sp³-hybridized carbons (Fsp3) is 0.176. The minimum Gasteiger partial charge on any atom is -0.404 e. The zero-order valence-electron chi connectivity index (χ0n) is 13.2. The van der Waals surface area contributed by atoms with E-state index in [-0.39, 0.29) is 12.2 Å². The highest BCUT2D eigenvalue weighted by atomic mass is 19.4. The van der Waals surface area contributed by atoms with Gasteiger partial charge in [0.2, 0.25) is 5.91 Å². The molecule has 0 saturated heterocycles. The lowest BCUT2D eigenvalue weighted by atomic mass is 10.3. The molecule has 0 aliphatic rings. The molecule has 0 fully saturated rings. The van der Waals surface area contributed by atoms with Crippen molar-refractivity contribution in [3.8, 4) is 5.75 Å². The quantitative estimate of drug-likeness (QED) is 0.778. The zero-order valence-corrected chi connectivity index (χ0v) is 13.2. The molecule has 1 heterocycles. The third-order valence-electron chi connectivity index (χ3n) is 3.53. The number of alkyl halides is 3. The van der Waals surface area contributed by atoms with E-state index in [1.165, 1.54) is 18.2 Å². The molecule has 0 saturated carbocycles. The highest BCUT2D eigenvalue weighted by Gasteiger charge is 2.32. The van der Waals surface area contributed by atoms with Crippen LogP contribution in [0, 0.1) is 6.92 Å². The SMILES string of the molecule is Cc1nc2ccccc2n1CC(=O)Nc1ccccc1OC(F)(F)F. The van der Waals surface area contributed by atoms with E-state index in [2.05, 4.69) is 15.0 Å². The summed E-state index contributed by atoms with van der Waals surface area (Å²) in [5.41, 5.74) is 1.47. The summed E-state index contributed by atoms with van der Waals surface area (Å²) in [4.78, 5) is 16.6. The van der Waals surface area contributed by atoms with Crippen LogP contribution in [0.15, 0.2) is 48.5 Å². The number of hydrogen-bond acceptors (Lipinski definition) is 3. The number of nitrogens with zero attached hydrogens (tertiary/aromatic N) is 2. The Morgan fingerprint density at radius 3 is 2.60 bits per heavy atom. The number of aryl methyl sites for hydroxylation is 1. The third kappa shape index (κ3) is 3.90. The first-order chi connectivity index (χ1) is 11.8. The summed E-state index contributed by atoms with van der Waals surface area (Å²) in [6.45, 7) is 1.68. The second kappa shape index (κ2) is 6.46. The molecule has 1 amide bonds. The number of hydrogen-bond donors (Lipinski definition) is 1. The van der Waals surface area contributed by atoms with Crippen molar-refractivity contribution in [2.45, 2.75) is 19.8 Å². The normalized spacial score (nSPS) is 11.5. The summed E-state index contributed by atoms with van der Waals surface area (Å²) >= 11 is 0. The van der Waals surface area contributed by atoms with Gasteiger partial charge in [-0.2, -0.15) is 0 Å². The van der Waals surface area contributed by atoms with Crippen molar-refractivity contribution >= 4 is 22.6 Å². The Balaban J connectivity index is 1.80. The van der Waals surface area contributed by atoms with Crippen LogP contribution in [0.2, 0.25) is 0 Å². The van der Waals surface area contributed by atoms with E-state index in [1.807, 2.05) is 24.3 Å². The number of halogens is 3.